The first-order valence-corrected chi connectivity index (χ1v) is 7.32. The molecular weight excluding hydrogens is 286 g/mol. The van der Waals surface area contributed by atoms with Crippen LogP contribution in [-0.2, 0) is 22.6 Å². The fraction of sp³-hybridized carbons (Fsp3) is 0.643. The Morgan fingerprint density at radius 2 is 2.27 bits per heavy atom. The number of hydrogen-bond acceptors (Lipinski definition) is 7. The van der Waals surface area contributed by atoms with E-state index >= 15 is 0 Å². The van der Waals surface area contributed by atoms with Crippen molar-refractivity contribution in [3.8, 4) is 0 Å². The van der Waals surface area contributed by atoms with E-state index in [0.29, 0.717) is 38.1 Å². The summed E-state index contributed by atoms with van der Waals surface area (Å²) in [4.78, 5) is 6.64. The minimum atomic E-state index is 0.144. The lowest BCUT2D eigenvalue weighted by Crippen LogP contribution is -2.39. The number of ether oxygens (including phenoxy) is 2. The van der Waals surface area contributed by atoms with Crippen molar-refractivity contribution < 1.29 is 14.0 Å². The Hall–Kier alpha value is -1.77. The number of nitrogens with zero attached hydrogens (tertiary/aromatic N) is 4. The van der Waals surface area contributed by atoms with Crippen molar-refractivity contribution in [2.24, 2.45) is 0 Å². The largest absolute Gasteiger partial charge is 0.378 e. The number of hydrogen-bond donors (Lipinski definition) is 1. The molecule has 1 aliphatic rings. The summed E-state index contributed by atoms with van der Waals surface area (Å²) in [6.07, 6.45) is 0. The topological polar surface area (TPSA) is 89.3 Å². The first-order chi connectivity index (χ1) is 10.7. The zero-order valence-corrected chi connectivity index (χ0v) is 13.1. The maximum absolute atomic E-state index is 5.66. The summed E-state index contributed by atoms with van der Waals surface area (Å²) in [6, 6.07) is 0.144. The van der Waals surface area contributed by atoms with E-state index in [0.717, 1.165) is 17.9 Å². The van der Waals surface area contributed by atoms with Crippen molar-refractivity contribution in [2.75, 3.05) is 26.9 Å². The van der Waals surface area contributed by atoms with Crippen LogP contribution in [0.3, 0.4) is 0 Å². The second-order valence-electron chi connectivity index (χ2n) is 5.45. The fourth-order valence-corrected chi connectivity index (χ4v) is 2.86. The molecule has 1 fully saturated rings. The first-order valence-electron chi connectivity index (χ1n) is 7.32. The van der Waals surface area contributed by atoms with E-state index in [9.17, 15) is 0 Å². The molecule has 0 saturated carbocycles. The Balaban J connectivity index is 1.77. The Labute approximate surface area is 128 Å². The lowest BCUT2D eigenvalue weighted by atomic mass is 10.0. The van der Waals surface area contributed by atoms with Gasteiger partial charge in [0.15, 0.2) is 5.82 Å². The number of methoxy groups -OCH3 is 1. The van der Waals surface area contributed by atoms with E-state index in [2.05, 4.69) is 25.2 Å². The van der Waals surface area contributed by atoms with Crippen molar-refractivity contribution in [1.82, 2.24) is 25.2 Å². The van der Waals surface area contributed by atoms with Crippen LogP contribution in [0.15, 0.2) is 4.52 Å². The monoisotopic (exact) mass is 307 g/mol. The van der Waals surface area contributed by atoms with E-state index in [1.165, 1.54) is 5.56 Å². The molecule has 3 rings (SSSR count). The molecule has 1 saturated heterocycles. The van der Waals surface area contributed by atoms with Crippen LogP contribution >= 0.6 is 0 Å². The van der Waals surface area contributed by atoms with Crippen LogP contribution in [0.2, 0.25) is 0 Å². The molecule has 0 spiro atoms. The molecule has 0 amide bonds. The number of H-pyrrole nitrogens is 1. The molecule has 22 heavy (non-hydrogen) atoms. The highest BCUT2D eigenvalue weighted by Gasteiger charge is 2.29. The lowest BCUT2D eigenvalue weighted by molar-refractivity contribution is -0.0172. The molecule has 0 bridgehead atoms. The normalized spacial score (nSPS) is 19.7. The SMILES string of the molecule is COCc1noc(CN2CCOCC2c2c(C)n[nH]c2C)n1. The Morgan fingerprint density at radius 1 is 1.41 bits per heavy atom. The minimum absolute atomic E-state index is 0.144. The van der Waals surface area contributed by atoms with Gasteiger partial charge in [-0.15, -0.1) is 0 Å². The highest BCUT2D eigenvalue weighted by molar-refractivity contribution is 5.27. The van der Waals surface area contributed by atoms with Crippen LogP contribution in [-0.4, -0.2) is 52.1 Å². The molecular formula is C14H21N5O3. The average Bonchev–Trinajstić information content (AvgIpc) is 3.08. The molecule has 1 aliphatic heterocycles. The van der Waals surface area contributed by atoms with Crippen molar-refractivity contribution in [2.45, 2.75) is 33.0 Å². The lowest BCUT2D eigenvalue weighted by Gasteiger charge is -2.34. The van der Waals surface area contributed by atoms with E-state index in [1.54, 1.807) is 7.11 Å². The van der Waals surface area contributed by atoms with E-state index in [1.807, 2.05) is 13.8 Å². The van der Waals surface area contributed by atoms with Gasteiger partial charge in [0.2, 0.25) is 5.89 Å². The predicted octanol–water partition coefficient (Wildman–Crippen LogP) is 1.13. The highest BCUT2D eigenvalue weighted by atomic mass is 16.5. The average molecular weight is 307 g/mol. The van der Waals surface area contributed by atoms with Crippen LogP contribution in [0.5, 0.6) is 0 Å². The fourth-order valence-electron chi connectivity index (χ4n) is 2.86. The van der Waals surface area contributed by atoms with Gasteiger partial charge in [-0.2, -0.15) is 10.1 Å². The summed E-state index contributed by atoms with van der Waals surface area (Å²) in [5, 5.41) is 11.2. The van der Waals surface area contributed by atoms with Crippen LogP contribution in [0.25, 0.3) is 0 Å². The predicted molar refractivity (Wildman–Crippen MR) is 77.0 cm³/mol. The molecule has 1 atom stereocenters. The third-order valence-corrected chi connectivity index (χ3v) is 3.88. The zero-order valence-electron chi connectivity index (χ0n) is 13.1. The summed E-state index contributed by atoms with van der Waals surface area (Å²) in [7, 11) is 1.61. The third-order valence-electron chi connectivity index (χ3n) is 3.88. The zero-order chi connectivity index (χ0) is 15.5. The van der Waals surface area contributed by atoms with Crippen LogP contribution in [0.4, 0.5) is 0 Å². The van der Waals surface area contributed by atoms with Crippen molar-refractivity contribution in [3.05, 3.63) is 28.7 Å². The van der Waals surface area contributed by atoms with E-state index in [-0.39, 0.29) is 6.04 Å². The third kappa shape index (κ3) is 3.03. The van der Waals surface area contributed by atoms with E-state index < -0.39 is 0 Å². The van der Waals surface area contributed by atoms with E-state index in [4.69, 9.17) is 14.0 Å². The highest BCUT2D eigenvalue weighted by Crippen LogP contribution is 2.29. The molecule has 2 aromatic heterocycles. The smallest absolute Gasteiger partial charge is 0.240 e. The van der Waals surface area contributed by atoms with Gasteiger partial charge in [-0.1, -0.05) is 5.16 Å². The molecule has 8 nitrogen and oxygen atoms in total. The number of aromatic amines is 1. The van der Waals surface area contributed by atoms with Gasteiger partial charge in [0.1, 0.15) is 6.61 Å². The van der Waals surface area contributed by atoms with Crippen LogP contribution in [0.1, 0.15) is 34.7 Å². The molecule has 0 radical (unpaired) electrons. The van der Waals surface area contributed by atoms with Gasteiger partial charge in [0.05, 0.1) is 31.5 Å². The van der Waals surface area contributed by atoms with Crippen molar-refractivity contribution >= 4 is 0 Å². The minimum Gasteiger partial charge on any atom is -0.378 e. The number of aryl methyl sites for hydroxylation is 2. The molecule has 1 N–H and O–H groups in total. The molecule has 1 unspecified atom stereocenters. The summed E-state index contributed by atoms with van der Waals surface area (Å²) >= 11 is 0. The summed E-state index contributed by atoms with van der Waals surface area (Å²) < 4.78 is 16.0. The van der Waals surface area contributed by atoms with Gasteiger partial charge < -0.3 is 14.0 Å². The van der Waals surface area contributed by atoms with Gasteiger partial charge in [0, 0.05) is 24.9 Å². The van der Waals surface area contributed by atoms with Gasteiger partial charge in [-0.05, 0) is 13.8 Å². The standard InChI is InChI=1S/C14H21N5O3/c1-9-14(10(2)17-16-9)11-7-21-5-4-19(11)6-13-15-12(8-20-3)18-22-13/h11H,4-8H2,1-3H3,(H,16,17). The Bertz CT molecular complexity index is 604. The Kier molecular flexibility index (Phi) is 4.51. The van der Waals surface area contributed by atoms with Gasteiger partial charge in [-0.25, -0.2) is 0 Å². The molecule has 8 heteroatoms. The molecule has 120 valence electrons. The molecule has 2 aromatic rings. The maximum atomic E-state index is 5.66. The maximum Gasteiger partial charge on any atom is 0.240 e. The van der Waals surface area contributed by atoms with Gasteiger partial charge in [-0.3, -0.25) is 10.00 Å². The molecule has 0 aliphatic carbocycles. The second kappa shape index (κ2) is 6.55. The van der Waals surface area contributed by atoms with Gasteiger partial charge in [0.25, 0.3) is 0 Å². The molecule has 0 aromatic carbocycles. The molecule has 3 heterocycles. The summed E-state index contributed by atoms with van der Waals surface area (Å²) in [5.41, 5.74) is 3.27. The van der Waals surface area contributed by atoms with Crippen LogP contribution in [0, 0.1) is 13.8 Å². The summed E-state index contributed by atoms with van der Waals surface area (Å²) in [6.45, 7) is 7.15. The van der Waals surface area contributed by atoms with Crippen LogP contribution < -0.4 is 0 Å². The Morgan fingerprint density at radius 3 is 3.00 bits per heavy atom. The number of nitrogens with one attached hydrogen (secondary N) is 1. The summed E-state index contributed by atoms with van der Waals surface area (Å²) in [5.74, 6) is 1.16. The quantitative estimate of drug-likeness (QED) is 0.885. The van der Waals surface area contributed by atoms with Crippen molar-refractivity contribution in [3.63, 3.8) is 0 Å². The second-order valence-corrected chi connectivity index (χ2v) is 5.45. The first kappa shape index (κ1) is 15.1. The number of rotatable bonds is 5. The van der Waals surface area contributed by atoms with Crippen molar-refractivity contribution in [1.29, 1.82) is 0 Å². The number of aromatic nitrogens is 4. The van der Waals surface area contributed by atoms with Gasteiger partial charge >= 0.3 is 0 Å². The number of morpholine rings is 1.